The molecule has 6 heteroatoms. The van der Waals surface area contributed by atoms with Gasteiger partial charge in [-0.3, -0.25) is 9.59 Å². The van der Waals surface area contributed by atoms with Gasteiger partial charge in [-0.25, -0.2) is 4.79 Å². The molecule has 0 aliphatic heterocycles. The van der Waals surface area contributed by atoms with E-state index in [9.17, 15) is 14.4 Å². The average molecular weight is 834 g/mol. The Morgan fingerprint density at radius 3 is 1.07 bits per heavy atom. The van der Waals surface area contributed by atoms with Gasteiger partial charge >= 0.3 is 11.9 Å². The third-order valence-corrected chi connectivity index (χ3v) is 12.1. The SMILES string of the molecule is CCCCCCCCCCCC(=O)NC(CCC(=O)OCCCCCCCCCCCCCCCC(C)C)C(=O)OCCCCCCCCCCCCCCCC(C)C. The first kappa shape index (κ1) is 57.4. The number of esters is 2. The monoisotopic (exact) mass is 834 g/mol. The molecule has 0 rings (SSSR count). The highest BCUT2D eigenvalue weighted by molar-refractivity contribution is 5.85. The summed E-state index contributed by atoms with van der Waals surface area (Å²) >= 11 is 0. The summed E-state index contributed by atoms with van der Waals surface area (Å²) in [6.07, 6.45) is 47.5. The number of unbranched alkanes of at least 4 members (excludes halogenated alkanes) is 32. The van der Waals surface area contributed by atoms with Crippen molar-refractivity contribution in [2.75, 3.05) is 13.2 Å². The maximum absolute atomic E-state index is 13.1. The fourth-order valence-electron chi connectivity index (χ4n) is 8.10. The Hall–Kier alpha value is -1.59. The van der Waals surface area contributed by atoms with Crippen LogP contribution in [0, 0.1) is 11.8 Å². The zero-order valence-electron chi connectivity index (χ0n) is 40.5. The standard InChI is InChI=1S/C53H103NO5/c1-6-7-8-9-10-21-28-33-38-43-51(55)54-50(53(57)59-47-40-35-30-25-20-16-12-14-18-23-27-32-37-42-49(4)5)44-45-52(56)58-46-39-34-29-24-19-15-11-13-17-22-26-31-36-41-48(2)3/h48-50H,6-47H2,1-5H3,(H,54,55). The van der Waals surface area contributed by atoms with Gasteiger partial charge in [0.05, 0.1) is 13.2 Å². The zero-order chi connectivity index (χ0) is 43.3. The second-order valence-electron chi connectivity index (χ2n) is 19.2. The maximum Gasteiger partial charge on any atom is 0.328 e. The minimum Gasteiger partial charge on any atom is -0.466 e. The summed E-state index contributed by atoms with van der Waals surface area (Å²) in [5.41, 5.74) is 0. The average Bonchev–Trinajstić information content (AvgIpc) is 3.21. The van der Waals surface area contributed by atoms with E-state index >= 15 is 0 Å². The number of nitrogens with one attached hydrogen (secondary N) is 1. The minimum absolute atomic E-state index is 0.105. The lowest BCUT2D eigenvalue weighted by atomic mass is 10.0. The van der Waals surface area contributed by atoms with Gasteiger partial charge in [-0.15, -0.1) is 0 Å². The second-order valence-corrected chi connectivity index (χ2v) is 19.2. The van der Waals surface area contributed by atoms with E-state index in [2.05, 4.69) is 39.9 Å². The summed E-state index contributed by atoms with van der Waals surface area (Å²) in [5, 5.41) is 2.91. The lowest BCUT2D eigenvalue weighted by Crippen LogP contribution is -2.42. The van der Waals surface area contributed by atoms with Crippen molar-refractivity contribution in [3.05, 3.63) is 0 Å². The first-order chi connectivity index (χ1) is 28.8. The molecule has 0 aliphatic rings. The number of carbonyl (C=O) groups is 3. The second kappa shape index (κ2) is 45.9. The van der Waals surface area contributed by atoms with Crippen LogP contribution in [0.2, 0.25) is 0 Å². The molecule has 350 valence electrons. The zero-order valence-corrected chi connectivity index (χ0v) is 40.5. The van der Waals surface area contributed by atoms with E-state index < -0.39 is 12.0 Å². The number of rotatable bonds is 47. The third-order valence-electron chi connectivity index (χ3n) is 12.1. The number of carbonyl (C=O) groups excluding carboxylic acids is 3. The molecule has 0 spiro atoms. The van der Waals surface area contributed by atoms with Crippen LogP contribution in [0.4, 0.5) is 0 Å². The Morgan fingerprint density at radius 2 is 0.695 bits per heavy atom. The van der Waals surface area contributed by atoms with Gasteiger partial charge in [0.2, 0.25) is 5.91 Å². The molecule has 1 atom stereocenters. The number of hydrogen-bond donors (Lipinski definition) is 1. The van der Waals surface area contributed by atoms with Crippen molar-refractivity contribution in [2.24, 2.45) is 11.8 Å². The molecule has 0 saturated carbocycles. The van der Waals surface area contributed by atoms with Crippen molar-refractivity contribution in [2.45, 2.75) is 297 Å². The first-order valence-corrected chi connectivity index (χ1v) is 26.4. The molecule has 0 aromatic heterocycles. The molecule has 0 radical (unpaired) electrons. The molecule has 0 bridgehead atoms. The van der Waals surface area contributed by atoms with Gasteiger partial charge in [0.15, 0.2) is 0 Å². The molecule has 0 aromatic carbocycles. The van der Waals surface area contributed by atoms with Crippen LogP contribution in [0.1, 0.15) is 291 Å². The van der Waals surface area contributed by atoms with E-state index in [-0.39, 0.29) is 24.7 Å². The summed E-state index contributed by atoms with van der Waals surface area (Å²) in [5.74, 6) is 0.836. The smallest absolute Gasteiger partial charge is 0.328 e. The van der Waals surface area contributed by atoms with Crippen molar-refractivity contribution in [1.29, 1.82) is 0 Å². The van der Waals surface area contributed by atoms with Crippen LogP contribution in [0.5, 0.6) is 0 Å². The molecule has 0 aliphatic carbocycles. The van der Waals surface area contributed by atoms with Crippen molar-refractivity contribution in [3.63, 3.8) is 0 Å². The summed E-state index contributed by atoms with van der Waals surface area (Å²) in [4.78, 5) is 38.6. The number of hydrogen-bond acceptors (Lipinski definition) is 5. The Labute approximate surface area is 368 Å². The Morgan fingerprint density at radius 1 is 0.373 bits per heavy atom. The molecule has 59 heavy (non-hydrogen) atoms. The molecular weight excluding hydrogens is 731 g/mol. The Bertz CT molecular complexity index is 904. The third kappa shape index (κ3) is 45.8. The highest BCUT2D eigenvalue weighted by Crippen LogP contribution is 2.17. The van der Waals surface area contributed by atoms with Crippen molar-refractivity contribution in [3.8, 4) is 0 Å². The van der Waals surface area contributed by atoms with Crippen LogP contribution in [0.3, 0.4) is 0 Å². The predicted molar refractivity (Wildman–Crippen MR) is 254 cm³/mol. The van der Waals surface area contributed by atoms with Gasteiger partial charge in [0.1, 0.15) is 6.04 Å². The molecular formula is C53H103NO5. The molecule has 1 unspecified atom stereocenters. The van der Waals surface area contributed by atoms with E-state index in [1.165, 1.54) is 186 Å². The topological polar surface area (TPSA) is 81.7 Å². The highest BCUT2D eigenvalue weighted by atomic mass is 16.5. The molecule has 0 aromatic rings. The molecule has 0 saturated heterocycles. The molecule has 6 nitrogen and oxygen atoms in total. The lowest BCUT2D eigenvalue weighted by Gasteiger charge is -2.18. The van der Waals surface area contributed by atoms with Crippen LogP contribution in [0.15, 0.2) is 0 Å². The highest BCUT2D eigenvalue weighted by Gasteiger charge is 2.23. The van der Waals surface area contributed by atoms with E-state index in [1.54, 1.807) is 0 Å². The summed E-state index contributed by atoms with van der Waals surface area (Å²) in [7, 11) is 0. The summed E-state index contributed by atoms with van der Waals surface area (Å²) in [6.45, 7) is 12.3. The fraction of sp³-hybridized carbons (Fsp3) is 0.943. The van der Waals surface area contributed by atoms with E-state index in [0.29, 0.717) is 19.6 Å². The van der Waals surface area contributed by atoms with Crippen LogP contribution in [-0.2, 0) is 23.9 Å². The van der Waals surface area contributed by atoms with Gasteiger partial charge in [-0.1, -0.05) is 253 Å². The summed E-state index contributed by atoms with van der Waals surface area (Å²) in [6, 6.07) is -0.802. The van der Waals surface area contributed by atoms with Gasteiger partial charge in [0.25, 0.3) is 0 Å². The summed E-state index contributed by atoms with van der Waals surface area (Å²) < 4.78 is 11.2. The van der Waals surface area contributed by atoms with Crippen molar-refractivity contribution < 1.29 is 23.9 Å². The molecule has 0 fully saturated rings. The minimum atomic E-state index is -0.802. The van der Waals surface area contributed by atoms with Crippen LogP contribution >= 0.6 is 0 Å². The lowest BCUT2D eigenvalue weighted by molar-refractivity contribution is -0.149. The molecule has 1 N–H and O–H groups in total. The molecule has 1 amide bonds. The normalized spacial score (nSPS) is 12.1. The van der Waals surface area contributed by atoms with Crippen molar-refractivity contribution in [1.82, 2.24) is 5.32 Å². The van der Waals surface area contributed by atoms with Gasteiger partial charge in [-0.05, 0) is 37.5 Å². The van der Waals surface area contributed by atoms with Crippen molar-refractivity contribution >= 4 is 17.8 Å². The maximum atomic E-state index is 13.1. The van der Waals surface area contributed by atoms with E-state index in [0.717, 1.165) is 63.2 Å². The number of ether oxygens (including phenoxy) is 2. The van der Waals surface area contributed by atoms with E-state index in [4.69, 9.17) is 9.47 Å². The Balaban J connectivity index is 4.24. The Kier molecular flexibility index (Phi) is 44.7. The quantitative estimate of drug-likeness (QED) is 0.0488. The van der Waals surface area contributed by atoms with Gasteiger partial charge < -0.3 is 14.8 Å². The largest absolute Gasteiger partial charge is 0.466 e. The van der Waals surface area contributed by atoms with Crippen LogP contribution in [-0.4, -0.2) is 37.1 Å². The van der Waals surface area contributed by atoms with Crippen LogP contribution < -0.4 is 5.32 Å². The predicted octanol–water partition coefficient (Wildman–Crippen LogP) is 16.5. The van der Waals surface area contributed by atoms with Crippen LogP contribution in [0.25, 0.3) is 0 Å². The fourth-order valence-corrected chi connectivity index (χ4v) is 8.10. The van der Waals surface area contributed by atoms with Gasteiger partial charge in [-0.2, -0.15) is 0 Å². The first-order valence-electron chi connectivity index (χ1n) is 26.4. The van der Waals surface area contributed by atoms with E-state index in [1.807, 2.05) is 0 Å². The number of amides is 1. The molecule has 0 heterocycles. The van der Waals surface area contributed by atoms with Gasteiger partial charge in [0, 0.05) is 12.8 Å².